The number of nitrogens with one attached hydrogen (secondary N) is 1. The standard InChI is InChI=1S/C25H26ClF2N3OS/c1-14(27)16-4-5-17(10-16)23-21-9-15(12-29-32)13-31(21)25(22-3-2-8-33-22)30-24(23)19-7-6-18(28)11-20(19)26/h2,4-8,10-11,14-16,22,24,29,32H,3,9,12-13H2,1H3/t14?,15-,16+,22+,24+/m1/s1. The molecule has 0 aromatic heterocycles. The summed E-state index contributed by atoms with van der Waals surface area (Å²) in [5.41, 5.74) is 6.11. The van der Waals surface area contributed by atoms with Gasteiger partial charge in [-0.1, -0.05) is 42.0 Å². The van der Waals surface area contributed by atoms with Crippen LogP contribution in [0.3, 0.4) is 0 Å². The van der Waals surface area contributed by atoms with E-state index in [-0.39, 0.29) is 17.1 Å². The van der Waals surface area contributed by atoms with E-state index in [4.69, 9.17) is 16.6 Å². The predicted molar refractivity (Wildman–Crippen MR) is 130 cm³/mol. The summed E-state index contributed by atoms with van der Waals surface area (Å²) < 4.78 is 28.0. The van der Waals surface area contributed by atoms with Crippen molar-refractivity contribution >= 4 is 29.2 Å². The van der Waals surface area contributed by atoms with Crippen LogP contribution in [-0.4, -0.2) is 40.5 Å². The first-order valence-electron chi connectivity index (χ1n) is 11.2. The Morgan fingerprint density at radius 2 is 2.24 bits per heavy atom. The van der Waals surface area contributed by atoms with Crippen LogP contribution in [0.4, 0.5) is 8.78 Å². The quantitative estimate of drug-likeness (QED) is 0.483. The fraction of sp³-hybridized carbons (Fsp3) is 0.400. The second-order valence-electron chi connectivity index (χ2n) is 8.93. The highest BCUT2D eigenvalue weighted by Gasteiger charge is 2.42. The molecule has 0 radical (unpaired) electrons. The molecule has 1 aromatic carbocycles. The van der Waals surface area contributed by atoms with Crippen LogP contribution >= 0.6 is 23.4 Å². The minimum absolute atomic E-state index is 0.191. The lowest BCUT2D eigenvalue weighted by molar-refractivity contribution is 0.150. The van der Waals surface area contributed by atoms with E-state index in [1.165, 1.54) is 12.1 Å². The second kappa shape index (κ2) is 9.37. The highest BCUT2D eigenvalue weighted by molar-refractivity contribution is 8.03. The van der Waals surface area contributed by atoms with Crippen molar-refractivity contribution in [1.29, 1.82) is 0 Å². The number of aliphatic imine (C=N–C) groups is 1. The summed E-state index contributed by atoms with van der Waals surface area (Å²) in [4.78, 5) is 7.50. The number of hydrogen-bond acceptors (Lipinski definition) is 5. The summed E-state index contributed by atoms with van der Waals surface area (Å²) >= 11 is 8.28. The van der Waals surface area contributed by atoms with E-state index in [1.807, 2.05) is 18.2 Å². The zero-order chi connectivity index (χ0) is 23.1. The van der Waals surface area contributed by atoms with Crippen LogP contribution in [-0.2, 0) is 0 Å². The lowest BCUT2D eigenvalue weighted by Gasteiger charge is -2.36. The number of alkyl halides is 1. The Morgan fingerprint density at radius 1 is 1.39 bits per heavy atom. The summed E-state index contributed by atoms with van der Waals surface area (Å²) in [7, 11) is 0. The van der Waals surface area contributed by atoms with Crippen molar-refractivity contribution in [3.63, 3.8) is 0 Å². The predicted octanol–water partition coefficient (Wildman–Crippen LogP) is 5.98. The van der Waals surface area contributed by atoms with Gasteiger partial charge in [0, 0.05) is 35.3 Å². The van der Waals surface area contributed by atoms with Gasteiger partial charge < -0.3 is 10.1 Å². The van der Waals surface area contributed by atoms with E-state index in [2.05, 4.69) is 21.9 Å². The average Bonchev–Trinajstić information content (AvgIpc) is 3.53. The number of nitrogens with zero attached hydrogens (tertiary/aromatic N) is 2. The summed E-state index contributed by atoms with van der Waals surface area (Å²) in [5, 5.41) is 12.0. The SMILES string of the molecule is CC(F)[C@H]1C=CC(C2=C3C[C@H](CNO)CN3C([C@@H]3CC=CS3)=N[C@H]2c2ccc(F)cc2Cl)=C1. The van der Waals surface area contributed by atoms with Crippen molar-refractivity contribution in [3.05, 3.63) is 81.2 Å². The van der Waals surface area contributed by atoms with Crippen molar-refractivity contribution in [1.82, 2.24) is 10.4 Å². The first kappa shape index (κ1) is 22.8. The first-order chi connectivity index (χ1) is 16.0. The maximum absolute atomic E-state index is 14.1. The van der Waals surface area contributed by atoms with Crippen LogP contribution in [0, 0.1) is 17.7 Å². The van der Waals surface area contributed by atoms with Crippen molar-refractivity contribution < 1.29 is 14.0 Å². The summed E-state index contributed by atoms with van der Waals surface area (Å²) in [6.07, 6.45) is 8.61. The molecule has 8 heteroatoms. The van der Waals surface area contributed by atoms with Gasteiger partial charge in [0.2, 0.25) is 0 Å². The maximum Gasteiger partial charge on any atom is 0.124 e. The Morgan fingerprint density at radius 3 is 2.91 bits per heavy atom. The molecule has 5 atom stereocenters. The topological polar surface area (TPSA) is 47.9 Å². The number of amidine groups is 1. The zero-order valence-electron chi connectivity index (χ0n) is 18.2. The van der Waals surface area contributed by atoms with E-state index in [0.29, 0.717) is 11.6 Å². The van der Waals surface area contributed by atoms with Gasteiger partial charge in [0.05, 0.1) is 5.25 Å². The molecule has 0 saturated carbocycles. The van der Waals surface area contributed by atoms with Gasteiger partial charge in [0.15, 0.2) is 0 Å². The molecular formula is C25H26ClF2N3OS. The van der Waals surface area contributed by atoms with Crippen molar-refractivity contribution in [2.45, 2.75) is 37.2 Å². The number of benzene rings is 1. The van der Waals surface area contributed by atoms with Gasteiger partial charge in [-0.3, -0.25) is 4.99 Å². The highest BCUT2D eigenvalue weighted by atomic mass is 35.5. The summed E-state index contributed by atoms with van der Waals surface area (Å²) in [5.74, 6) is 0.500. The minimum Gasteiger partial charge on any atom is -0.332 e. The Hall–Kier alpha value is -1.93. The molecule has 3 aliphatic heterocycles. The number of allylic oxidation sites excluding steroid dienone is 5. The van der Waals surface area contributed by atoms with E-state index in [0.717, 1.165) is 47.6 Å². The van der Waals surface area contributed by atoms with Crippen molar-refractivity contribution in [2.24, 2.45) is 16.8 Å². The van der Waals surface area contributed by atoms with Crippen LogP contribution in [0.1, 0.15) is 31.4 Å². The third-order valence-electron chi connectivity index (χ3n) is 6.70. The van der Waals surface area contributed by atoms with E-state index < -0.39 is 18.0 Å². The van der Waals surface area contributed by atoms with E-state index in [1.54, 1.807) is 24.8 Å². The molecule has 0 amide bonds. The third-order valence-corrected chi connectivity index (χ3v) is 8.11. The molecule has 4 aliphatic rings. The summed E-state index contributed by atoms with van der Waals surface area (Å²) in [6.45, 7) is 2.77. The lowest BCUT2D eigenvalue weighted by atomic mass is 9.88. The smallest absolute Gasteiger partial charge is 0.124 e. The monoisotopic (exact) mass is 489 g/mol. The second-order valence-corrected chi connectivity index (χ2v) is 10.4. The molecule has 1 fully saturated rings. The molecular weight excluding hydrogens is 464 g/mol. The Bertz CT molecular complexity index is 1090. The van der Waals surface area contributed by atoms with Crippen LogP contribution in [0.2, 0.25) is 5.02 Å². The molecule has 1 unspecified atom stereocenters. The maximum atomic E-state index is 14.1. The largest absolute Gasteiger partial charge is 0.332 e. The Balaban J connectivity index is 1.66. The van der Waals surface area contributed by atoms with Crippen LogP contribution in [0.5, 0.6) is 0 Å². The highest BCUT2D eigenvalue weighted by Crippen LogP contribution is 2.48. The van der Waals surface area contributed by atoms with Gasteiger partial charge >= 0.3 is 0 Å². The number of thioether (sulfide) groups is 1. The van der Waals surface area contributed by atoms with Gasteiger partial charge in [0.1, 0.15) is 23.9 Å². The molecule has 4 nitrogen and oxygen atoms in total. The van der Waals surface area contributed by atoms with E-state index in [9.17, 15) is 14.0 Å². The first-order valence-corrected chi connectivity index (χ1v) is 12.5. The number of rotatable bonds is 6. The van der Waals surface area contributed by atoms with Gasteiger partial charge in [-0.05, 0) is 54.4 Å². The molecule has 1 aromatic rings. The number of hydrogen-bond donors (Lipinski definition) is 2. The van der Waals surface area contributed by atoms with Gasteiger partial charge in [-0.15, -0.1) is 11.8 Å². The van der Waals surface area contributed by atoms with Crippen LogP contribution < -0.4 is 5.48 Å². The van der Waals surface area contributed by atoms with Crippen molar-refractivity contribution in [3.8, 4) is 0 Å². The zero-order valence-corrected chi connectivity index (χ0v) is 19.8. The lowest BCUT2D eigenvalue weighted by Crippen LogP contribution is -2.39. The fourth-order valence-electron chi connectivity index (χ4n) is 5.07. The Kier molecular flexibility index (Phi) is 6.49. The number of halogens is 3. The molecule has 1 saturated heterocycles. The molecule has 3 heterocycles. The van der Waals surface area contributed by atoms with Crippen LogP contribution in [0.25, 0.3) is 0 Å². The number of fused-ring (bicyclic) bond motifs is 1. The molecule has 174 valence electrons. The molecule has 5 rings (SSSR count). The van der Waals surface area contributed by atoms with Gasteiger partial charge in [0.25, 0.3) is 0 Å². The van der Waals surface area contributed by atoms with Gasteiger partial charge in [-0.25, -0.2) is 14.3 Å². The molecule has 33 heavy (non-hydrogen) atoms. The Labute approximate surface area is 201 Å². The minimum atomic E-state index is -0.994. The molecule has 2 N–H and O–H groups in total. The molecule has 0 bridgehead atoms. The van der Waals surface area contributed by atoms with Gasteiger partial charge in [-0.2, -0.15) is 0 Å². The normalized spacial score (nSPS) is 29.5. The van der Waals surface area contributed by atoms with Crippen LogP contribution in [0.15, 0.2) is 69.7 Å². The fourth-order valence-corrected chi connectivity index (χ4v) is 6.29. The third kappa shape index (κ3) is 4.32. The molecule has 0 spiro atoms. The van der Waals surface area contributed by atoms with E-state index >= 15 is 0 Å². The average molecular weight is 490 g/mol. The molecule has 1 aliphatic carbocycles. The number of hydroxylamine groups is 1. The summed E-state index contributed by atoms with van der Waals surface area (Å²) in [6, 6.07) is 4.03. The van der Waals surface area contributed by atoms with Crippen molar-refractivity contribution in [2.75, 3.05) is 13.1 Å².